The van der Waals surface area contributed by atoms with Crippen LogP contribution in [0.5, 0.6) is 0 Å². The van der Waals surface area contributed by atoms with Gasteiger partial charge in [-0.2, -0.15) is 5.10 Å². The lowest BCUT2D eigenvalue weighted by molar-refractivity contribution is 0.0619. The summed E-state index contributed by atoms with van der Waals surface area (Å²) in [5.74, 6) is 0.708. The number of nitrogens with zero attached hydrogens (tertiary/aromatic N) is 3. The van der Waals surface area contributed by atoms with Crippen LogP contribution >= 0.6 is 0 Å². The number of hydrogen-bond acceptors (Lipinski definition) is 5. The van der Waals surface area contributed by atoms with E-state index < -0.39 is 0 Å². The first-order valence-corrected chi connectivity index (χ1v) is 12.5. The van der Waals surface area contributed by atoms with Gasteiger partial charge in [-0.3, -0.25) is 19.8 Å². The van der Waals surface area contributed by atoms with Crippen LogP contribution in [0.15, 0.2) is 36.7 Å². The van der Waals surface area contributed by atoms with Crippen molar-refractivity contribution in [1.29, 1.82) is 0 Å². The molecule has 0 radical (unpaired) electrons. The lowest BCUT2D eigenvalue weighted by Gasteiger charge is -2.21. The molecule has 0 saturated carbocycles. The lowest BCUT2D eigenvalue weighted by Crippen LogP contribution is -2.24. The molecular formula is C27H34N4O2. The SMILES string of the molecule is O=C(CCC1CCOCC1)c1n[nH]c2ccc(-c3cncc(CN4CCCCCC4)c3)cc12. The van der Waals surface area contributed by atoms with Crippen molar-refractivity contribution in [3.05, 3.63) is 47.9 Å². The van der Waals surface area contributed by atoms with Crippen LogP contribution in [0.3, 0.4) is 0 Å². The molecular weight excluding hydrogens is 412 g/mol. The van der Waals surface area contributed by atoms with Crippen molar-refractivity contribution < 1.29 is 9.53 Å². The molecule has 1 N–H and O–H groups in total. The summed E-state index contributed by atoms with van der Waals surface area (Å²) in [4.78, 5) is 20.1. The maximum absolute atomic E-state index is 13.0. The zero-order chi connectivity index (χ0) is 22.5. The first-order valence-electron chi connectivity index (χ1n) is 12.5. The van der Waals surface area contributed by atoms with Crippen LogP contribution in [0.1, 0.15) is 67.4 Å². The average Bonchev–Trinajstić information content (AvgIpc) is 3.12. The zero-order valence-corrected chi connectivity index (χ0v) is 19.4. The molecule has 6 heteroatoms. The molecule has 2 saturated heterocycles. The Hall–Kier alpha value is -2.57. The Morgan fingerprint density at radius 3 is 2.67 bits per heavy atom. The van der Waals surface area contributed by atoms with Gasteiger partial charge < -0.3 is 4.74 Å². The summed E-state index contributed by atoms with van der Waals surface area (Å²) in [5.41, 5.74) is 4.88. The van der Waals surface area contributed by atoms with Gasteiger partial charge in [-0.05, 0) is 80.4 Å². The molecule has 1 aromatic carbocycles. The summed E-state index contributed by atoms with van der Waals surface area (Å²) in [6, 6.07) is 8.44. The highest BCUT2D eigenvalue weighted by Crippen LogP contribution is 2.28. The number of likely N-dealkylation sites (tertiary alicyclic amines) is 1. The Morgan fingerprint density at radius 1 is 1.03 bits per heavy atom. The molecule has 6 nitrogen and oxygen atoms in total. The van der Waals surface area contributed by atoms with Crippen LogP contribution in [0.4, 0.5) is 0 Å². The molecule has 2 aromatic heterocycles. The van der Waals surface area contributed by atoms with Gasteiger partial charge in [0.1, 0.15) is 5.69 Å². The Morgan fingerprint density at radius 2 is 1.85 bits per heavy atom. The van der Waals surface area contributed by atoms with E-state index in [-0.39, 0.29) is 5.78 Å². The van der Waals surface area contributed by atoms with Crippen molar-refractivity contribution in [3.8, 4) is 11.1 Å². The molecule has 2 aliphatic heterocycles. The number of nitrogens with one attached hydrogen (secondary N) is 1. The van der Waals surface area contributed by atoms with Crippen molar-refractivity contribution in [3.63, 3.8) is 0 Å². The lowest BCUT2D eigenvalue weighted by atomic mass is 9.93. The molecule has 0 bridgehead atoms. The molecule has 0 aliphatic carbocycles. The molecule has 4 heterocycles. The summed E-state index contributed by atoms with van der Waals surface area (Å²) in [6.07, 6.45) is 12.7. The van der Waals surface area contributed by atoms with E-state index in [1.54, 1.807) is 0 Å². The number of benzene rings is 1. The zero-order valence-electron chi connectivity index (χ0n) is 19.4. The number of ether oxygens (including phenoxy) is 1. The highest BCUT2D eigenvalue weighted by Gasteiger charge is 2.19. The maximum atomic E-state index is 13.0. The highest BCUT2D eigenvalue weighted by molar-refractivity contribution is 6.06. The third-order valence-electron chi connectivity index (χ3n) is 7.18. The van der Waals surface area contributed by atoms with E-state index in [1.165, 1.54) is 44.3 Å². The second-order valence-corrected chi connectivity index (χ2v) is 9.62. The summed E-state index contributed by atoms with van der Waals surface area (Å²) in [6.45, 7) is 4.93. The Labute approximate surface area is 195 Å². The number of pyridine rings is 1. The van der Waals surface area contributed by atoms with Crippen LogP contribution in [-0.2, 0) is 11.3 Å². The first-order chi connectivity index (χ1) is 16.3. The number of ketones is 1. The van der Waals surface area contributed by atoms with Crippen molar-refractivity contribution >= 4 is 16.7 Å². The van der Waals surface area contributed by atoms with E-state index in [1.807, 2.05) is 18.5 Å². The van der Waals surface area contributed by atoms with Crippen molar-refractivity contribution in [2.45, 2.75) is 57.9 Å². The summed E-state index contributed by atoms with van der Waals surface area (Å²) < 4.78 is 5.44. The molecule has 0 unspecified atom stereocenters. The smallest absolute Gasteiger partial charge is 0.183 e. The number of carbonyl (C=O) groups excluding carboxylic acids is 1. The number of fused-ring (bicyclic) bond motifs is 1. The highest BCUT2D eigenvalue weighted by atomic mass is 16.5. The number of hydrogen-bond donors (Lipinski definition) is 1. The van der Waals surface area contributed by atoms with E-state index in [0.29, 0.717) is 18.0 Å². The largest absolute Gasteiger partial charge is 0.381 e. The minimum atomic E-state index is 0.123. The molecule has 33 heavy (non-hydrogen) atoms. The van der Waals surface area contributed by atoms with Crippen molar-refractivity contribution in [2.24, 2.45) is 5.92 Å². The number of H-pyrrole nitrogens is 1. The van der Waals surface area contributed by atoms with Crippen LogP contribution in [0, 0.1) is 5.92 Å². The minimum absolute atomic E-state index is 0.123. The third-order valence-corrected chi connectivity index (χ3v) is 7.18. The van der Waals surface area contributed by atoms with Gasteiger partial charge in [-0.25, -0.2) is 0 Å². The van der Waals surface area contributed by atoms with Crippen LogP contribution in [0.25, 0.3) is 22.0 Å². The monoisotopic (exact) mass is 446 g/mol. The number of Topliss-reactive ketones (excluding diaryl/α,β-unsaturated/α-hetero) is 1. The third kappa shape index (κ3) is 5.50. The minimum Gasteiger partial charge on any atom is -0.381 e. The standard InChI is InChI=1S/C27H34N4O2/c32-26(8-5-20-9-13-33-14-10-20)27-24-16-22(6-7-25(24)29-30-27)23-15-21(17-28-18-23)19-31-11-3-1-2-4-12-31/h6-7,15-18,20H,1-5,8-14,19H2,(H,29,30). The van der Waals surface area contributed by atoms with Gasteiger partial charge in [0.15, 0.2) is 5.78 Å². The fraction of sp³-hybridized carbons (Fsp3) is 0.519. The second kappa shape index (κ2) is 10.6. The van der Waals surface area contributed by atoms with E-state index >= 15 is 0 Å². The summed E-state index contributed by atoms with van der Waals surface area (Å²) >= 11 is 0. The number of aromatic amines is 1. The quantitative estimate of drug-likeness (QED) is 0.493. The number of rotatable bonds is 7. The summed E-state index contributed by atoms with van der Waals surface area (Å²) in [5, 5.41) is 8.33. The van der Waals surface area contributed by atoms with E-state index in [0.717, 1.165) is 61.1 Å². The summed E-state index contributed by atoms with van der Waals surface area (Å²) in [7, 11) is 0. The van der Waals surface area contributed by atoms with Crippen molar-refractivity contribution in [1.82, 2.24) is 20.1 Å². The predicted molar refractivity (Wildman–Crippen MR) is 130 cm³/mol. The van der Waals surface area contributed by atoms with Gasteiger partial charge in [0.25, 0.3) is 0 Å². The van der Waals surface area contributed by atoms with Crippen molar-refractivity contribution in [2.75, 3.05) is 26.3 Å². The molecule has 2 aliphatic rings. The fourth-order valence-electron chi connectivity index (χ4n) is 5.18. The van der Waals surface area contributed by atoms with Crippen LogP contribution in [-0.4, -0.2) is 52.2 Å². The Kier molecular flexibility index (Phi) is 7.12. The van der Waals surface area contributed by atoms with E-state index in [9.17, 15) is 4.79 Å². The van der Waals surface area contributed by atoms with Gasteiger partial charge >= 0.3 is 0 Å². The molecule has 174 valence electrons. The van der Waals surface area contributed by atoms with E-state index in [2.05, 4.69) is 38.3 Å². The Balaban J connectivity index is 1.32. The molecule has 3 aromatic rings. The van der Waals surface area contributed by atoms with E-state index in [4.69, 9.17) is 4.74 Å². The predicted octanol–water partition coefficient (Wildman–Crippen LogP) is 5.39. The van der Waals surface area contributed by atoms with Crippen LogP contribution in [0.2, 0.25) is 0 Å². The van der Waals surface area contributed by atoms with Gasteiger partial charge in [0, 0.05) is 49.5 Å². The fourth-order valence-corrected chi connectivity index (χ4v) is 5.18. The van der Waals surface area contributed by atoms with Gasteiger partial charge in [-0.15, -0.1) is 0 Å². The molecule has 0 amide bonds. The number of aromatic nitrogens is 3. The maximum Gasteiger partial charge on any atom is 0.183 e. The molecule has 2 fully saturated rings. The van der Waals surface area contributed by atoms with Gasteiger partial charge in [0.2, 0.25) is 0 Å². The molecule has 5 rings (SSSR count). The first kappa shape index (κ1) is 22.2. The normalized spacial score (nSPS) is 18.4. The molecule has 0 atom stereocenters. The Bertz CT molecular complexity index is 1080. The van der Waals surface area contributed by atoms with Gasteiger partial charge in [0.05, 0.1) is 5.52 Å². The second-order valence-electron chi connectivity index (χ2n) is 9.62. The topological polar surface area (TPSA) is 71.1 Å². The average molecular weight is 447 g/mol. The van der Waals surface area contributed by atoms with Crippen LogP contribution < -0.4 is 0 Å². The van der Waals surface area contributed by atoms with Gasteiger partial charge in [-0.1, -0.05) is 18.9 Å². The number of carbonyl (C=O) groups is 1. The molecule has 0 spiro atoms.